The van der Waals surface area contributed by atoms with Gasteiger partial charge in [0.05, 0.1) is 19.1 Å². The van der Waals surface area contributed by atoms with Crippen LogP contribution in [0.1, 0.15) is 21.4 Å². The average Bonchev–Trinajstić information content (AvgIpc) is 3.25. The Hall–Kier alpha value is -1.70. The van der Waals surface area contributed by atoms with Gasteiger partial charge < -0.3 is 9.80 Å². The van der Waals surface area contributed by atoms with Gasteiger partial charge in [-0.3, -0.25) is 14.5 Å². The average molecular weight is 378 g/mol. The van der Waals surface area contributed by atoms with Crippen LogP contribution in [0.4, 0.5) is 0 Å². The molecule has 7 heteroatoms. The summed E-state index contributed by atoms with van der Waals surface area (Å²) in [5, 5.41) is 4.22. The molecule has 0 bridgehead atoms. The highest BCUT2D eigenvalue weighted by molar-refractivity contribution is 7.10. The summed E-state index contributed by atoms with van der Waals surface area (Å²) < 4.78 is 0. The van der Waals surface area contributed by atoms with E-state index >= 15 is 0 Å². The Morgan fingerprint density at radius 1 is 1.16 bits per heavy atom. The van der Waals surface area contributed by atoms with Crippen molar-refractivity contribution < 1.29 is 9.59 Å². The van der Waals surface area contributed by atoms with Gasteiger partial charge in [0.15, 0.2) is 0 Å². The van der Waals surface area contributed by atoms with Gasteiger partial charge in [0.2, 0.25) is 11.8 Å². The Bertz CT molecular complexity index is 739. The van der Waals surface area contributed by atoms with E-state index in [1.807, 2.05) is 0 Å². The fourth-order valence-corrected chi connectivity index (χ4v) is 4.83. The van der Waals surface area contributed by atoms with Crippen LogP contribution in [0.15, 0.2) is 29.0 Å². The molecule has 2 aromatic heterocycles. The van der Waals surface area contributed by atoms with Crippen LogP contribution in [0.3, 0.4) is 0 Å². The van der Waals surface area contributed by atoms with Gasteiger partial charge in [0.1, 0.15) is 0 Å². The molecule has 1 aliphatic rings. The van der Waals surface area contributed by atoms with E-state index in [-0.39, 0.29) is 24.4 Å². The molecule has 25 heavy (non-hydrogen) atoms. The summed E-state index contributed by atoms with van der Waals surface area (Å²) >= 11 is 3.53. The first-order chi connectivity index (χ1) is 12.0. The Kier molecular flexibility index (Phi) is 5.56. The molecule has 0 saturated heterocycles. The minimum Gasteiger partial charge on any atom is -0.347 e. The zero-order chi connectivity index (χ0) is 18.0. The molecule has 134 valence electrons. The Morgan fingerprint density at radius 2 is 1.96 bits per heavy atom. The van der Waals surface area contributed by atoms with Crippen molar-refractivity contribution >= 4 is 34.5 Å². The van der Waals surface area contributed by atoms with Crippen molar-refractivity contribution in [3.05, 3.63) is 44.3 Å². The molecule has 0 radical (unpaired) electrons. The van der Waals surface area contributed by atoms with Gasteiger partial charge >= 0.3 is 0 Å². The number of likely N-dealkylation sites (N-methyl/N-ethyl adjacent to an activating group) is 2. The van der Waals surface area contributed by atoms with E-state index in [9.17, 15) is 9.59 Å². The van der Waals surface area contributed by atoms with Crippen molar-refractivity contribution in [2.75, 3.05) is 40.8 Å². The first-order valence-corrected chi connectivity index (χ1v) is 10.0. The molecule has 0 saturated carbocycles. The normalized spacial score (nSPS) is 17.2. The summed E-state index contributed by atoms with van der Waals surface area (Å²) in [6.07, 6.45) is 0.975. The molecule has 2 aromatic rings. The zero-order valence-electron chi connectivity index (χ0n) is 14.8. The number of thiophene rings is 2. The second kappa shape index (κ2) is 7.68. The van der Waals surface area contributed by atoms with Gasteiger partial charge in [-0.15, -0.1) is 22.7 Å². The van der Waals surface area contributed by atoms with Gasteiger partial charge in [-0.1, -0.05) is 6.07 Å². The largest absolute Gasteiger partial charge is 0.347 e. The Labute approximate surface area is 156 Å². The van der Waals surface area contributed by atoms with E-state index in [2.05, 4.69) is 33.9 Å². The molecular weight excluding hydrogens is 354 g/mol. The number of carbonyl (C=O) groups excluding carboxylic acids is 2. The van der Waals surface area contributed by atoms with Crippen LogP contribution in [0.2, 0.25) is 0 Å². The third-order valence-corrected chi connectivity index (χ3v) is 6.43. The first-order valence-electron chi connectivity index (χ1n) is 8.25. The quantitative estimate of drug-likeness (QED) is 0.803. The van der Waals surface area contributed by atoms with Gasteiger partial charge in [0.25, 0.3) is 0 Å². The number of nitrogens with zero attached hydrogens (tertiary/aromatic N) is 3. The van der Waals surface area contributed by atoms with Gasteiger partial charge in [0, 0.05) is 37.4 Å². The molecule has 3 heterocycles. The first kappa shape index (κ1) is 18.1. The number of hydrogen-bond acceptors (Lipinski definition) is 5. The minimum absolute atomic E-state index is 0.0181. The fourth-order valence-electron chi connectivity index (χ4n) is 3.05. The number of carbonyl (C=O) groups is 2. The summed E-state index contributed by atoms with van der Waals surface area (Å²) in [6, 6.07) is 6.51. The third kappa shape index (κ3) is 3.94. The van der Waals surface area contributed by atoms with Gasteiger partial charge in [-0.2, -0.15) is 0 Å². The van der Waals surface area contributed by atoms with Crippen molar-refractivity contribution in [2.24, 2.45) is 0 Å². The fraction of sp³-hybridized carbons (Fsp3) is 0.444. The third-order valence-electron chi connectivity index (χ3n) is 4.51. The maximum Gasteiger partial charge on any atom is 0.241 e. The summed E-state index contributed by atoms with van der Waals surface area (Å²) in [5.41, 5.74) is 1.32. The highest BCUT2D eigenvalue weighted by Gasteiger charge is 2.32. The second-order valence-electron chi connectivity index (χ2n) is 6.48. The van der Waals surface area contributed by atoms with Crippen LogP contribution in [0, 0.1) is 0 Å². The molecule has 1 aliphatic heterocycles. The van der Waals surface area contributed by atoms with E-state index in [0.29, 0.717) is 6.54 Å². The highest BCUT2D eigenvalue weighted by atomic mass is 32.1. The summed E-state index contributed by atoms with van der Waals surface area (Å²) in [7, 11) is 5.11. The van der Waals surface area contributed by atoms with Crippen LogP contribution in [-0.2, 0) is 16.0 Å². The lowest BCUT2D eigenvalue weighted by Gasteiger charge is -2.35. The van der Waals surface area contributed by atoms with Gasteiger partial charge in [-0.05, 0) is 34.9 Å². The number of hydrogen-bond donors (Lipinski definition) is 0. The lowest BCUT2D eigenvalue weighted by molar-refractivity contribution is -0.138. The molecule has 0 spiro atoms. The number of rotatable bonds is 5. The van der Waals surface area contributed by atoms with E-state index in [1.165, 1.54) is 25.1 Å². The van der Waals surface area contributed by atoms with E-state index in [0.717, 1.165) is 13.0 Å². The molecule has 0 fully saturated rings. The van der Waals surface area contributed by atoms with E-state index < -0.39 is 0 Å². The number of amides is 2. The molecular formula is C18H23N3O2S2. The van der Waals surface area contributed by atoms with E-state index in [4.69, 9.17) is 0 Å². The maximum atomic E-state index is 12.7. The topological polar surface area (TPSA) is 43.9 Å². The molecule has 2 amide bonds. The predicted octanol–water partition coefficient (Wildman–Crippen LogP) is 2.30. The molecule has 1 atom stereocenters. The molecule has 5 nitrogen and oxygen atoms in total. The molecule has 0 aliphatic carbocycles. The molecule has 3 rings (SSSR count). The summed E-state index contributed by atoms with van der Waals surface area (Å²) in [4.78, 5) is 32.5. The van der Waals surface area contributed by atoms with Crippen molar-refractivity contribution in [1.82, 2.24) is 14.7 Å². The number of fused-ring (bicyclic) bond motifs is 1. The summed E-state index contributed by atoms with van der Waals surface area (Å²) in [5.74, 6) is -0.0835. The SMILES string of the molecule is CN(C)C(=O)CN(C)C(=O)CN1CCc2sccc2[C@@H]1c1cccs1. The zero-order valence-corrected chi connectivity index (χ0v) is 16.4. The van der Waals surface area contributed by atoms with Crippen LogP contribution in [-0.4, -0.2) is 67.3 Å². The highest BCUT2D eigenvalue weighted by Crippen LogP contribution is 2.39. The van der Waals surface area contributed by atoms with Crippen LogP contribution < -0.4 is 0 Å². The Balaban J connectivity index is 1.75. The molecule has 0 unspecified atom stereocenters. The molecule has 0 N–H and O–H groups in total. The maximum absolute atomic E-state index is 12.7. The van der Waals surface area contributed by atoms with Crippen molar-refractivity contribution in [3.63, 3.8) is 0 Å². The monoisotopic (exact) mass is 377 g/mol. The predicted molar refractivity (Wildman–Crippen MR) is 102 cm³/mol. The van der Waals surface area contributed by atoms with Gasteiger partial charge in [-0.25, -0.2) is 0 Å². The van der Waals surface area contributed by atoms with Crippen LogP contribution in [0.25, 0.3) is 0 Å². The molecule has 0 aromatic carbocycles. The van der Waals surface area contributed by atoms with Crippen molar-refractivity contribution in [3.8, 4) is 0 Å². The van der Waals surface area contributed by atoms with Crippen molar-refractivity contribution in [2.45, 2.75) is 12.5 Å². The second-order valence-corrected chi connectivity index (χ2v) is 8.46. The van der Waals surface area contributed by atoms with Crippen LogP contribution >= 0.6 is 22.7 Å². The van der Waals surface area contributed by atoms with Crippen molar-refractivity contribution in [1.29, 1.82) is 0 Å². The Morgan fingerprint density at radius 3 is 2.64 bits per heavy atom. The minimum atomic E-state index is -0.0654. The standard InChI is InChI=1S/C18H23N3O2S2/c1-19(2)16(22)11-20(3)17(23)12-21-8-6-14-13(7-10-25-14)18(21)15-5-4-9-24-15/h4-5,7,9-10,18H,6,8,11-12H2,1-3H3/t18-/m1/s1. The lowest BCUT2D eigenvalue weighted by Crippen LogP contribution is -2.45. The van der Waals surface area contributed by atoms with E-state index in [1.54, 1.807) is 43.8 Å². The van der Waals surface area contributed by atoms with Crippen LogP contribution in [0.5, 0.6) is 0 Å². The lowest BCUT2D eigenvalue weighted by atomic mass is 9.98. The summed E-state index contributed by atoms with van der Waals surface area (Å²) in [6.45, 7) is 1.30. The smallest absolute Gasteiger partial charge is 0.241 e.